The second-order valence-corrected chi connectivity index (χ2v) is 7.00. The van der Waals surface area contributed by atoms with E-state index in [-0.39, 0.29) is 32.3 Å². The maximum atomic E-state index is 12.6. The third-order valence-electron chi connectivity index (χ3n) is 5.26. The molecule has 0 unspecified atom stereocenters. The first kappa shape index (κ1) is 20.5. The minimum Gasteiger partial charge on any atom is -0.461 e. The van der Waals surface area contributed by atoms with Gasteiger partial charge in [-0.3, -0.25) is 0 Å². The van der Waals surface area contributed by atoms with E-state index >= 15 is 0 Å². The zero-order valence-corrected chi connectivity index (χ0v) is 16.1. The van der Waals surface area contributed by atoms with E-state index in [9.17, 15) is 20.1 Å². The monoisotopic (exact) mass is 388 g/mol. The van der Waals surface area contributed by atoms with Gasteiger partial charge in [-0.05, 0) is 60.0 Å². The molecule has 0 atom stereocenters. The second-order valence-electron chi connectivity index (χ2n) is 7.00. The Morgan fingerprint density at radius 3 is 2.43 bits per heavy atom. The van der Waals surface area contributed by atoms with Crippen LogP contribution in [0.1, 0.15) is 64.1 Å². The second kappa shape index (κ2) is 8.87. The summed E-state index contributed by atoms with van der Waals surface area (Å²) in [5.74, 6) is -0.146. The van der Waals surface area contributed by atoms with E-state index < -0.39 is 5.97 Å². The van der Waals surface area contributed by atoms with Gasteiger partial charge < -0.3 is 30.8 Å². The molecule has 0 radical (unpaired) electrons. The van der Waals surface area contributed by atoms with E-state index in [0.717, 1.165) is 35.2 Å². The number of ether oxygens (including phenoxy) is 1. The maximum absolute atomic E-state index is 12.6. The van der Waals surface area contributed by atoms with Gasteiger partial charge in [-0.15, -0.1) is 0 Å². The first-order valence-electron chi connectivity index (χ1n) is 9.69. The minimum absolute atomic E-state index is 0.227. The van der Waals surface area contributed by atoms with Gasteiger partial charge in [0.15, 0.2) is 0 Å². The van der Waals surface area contributed by atoms with Gasteiger partial charge in [-0.25, -0.2) is 4.79 Å². The number of esters is 1. The van der Waals surface area contributed by atoms with Crippen molar-refractivity contribution in [2.24, 2.45) is 5.73 Å². The van der Waals surface area contributed by atoms with E-state index in [1.807, 2.05) is 6.07 Å². The van der Waals surface area contributed by atoms with Crippen molar-refractivity contribution in [3.8, 4) is 11.1 Å². The van der Waals surface area contributed by atoms with Crippen molar-refractivity contribution < 1.29 is 24.9 Å². The molecule has 152 valence electrons. The number of benzene rings is 1. The largest absolute Gasteiger partial charge is 0.461 e. The van der Waals surface area contributed by atoms with E-state index in [1.165, 1.54) is 0 Å². The first-order valence-corrected chi connectivity index (χ1v) is 9.69. The third kappa shape index (κ3) is 3.71. The van der Waals surface area contributed by atoms with Crippen LogP contribution in [0.2, 0.25) is 0 Å². The van der Waals surface area contributed by atoms with Gasteiger partial charge in [-0.2, -0.15) is 0 Å². The fourth-order valence-electron chi connectivity index (χ4n) is 3.85. The zero-order valence-electron chi connectivity index (χ0n) is 16.1. The SMILES string of the molecule is CCOC(=O)c1[nH]c(CCN)c(-c2ccc(CO)c(CO)c2CO)c1C1CC1. The van der Waals surface area contributed by atoms with Crippen LogP contribution in [0.25, 0.3) is 11.1 Å². The topological polar surface area (TPSA) is 129 Å². The van der Waals surface area contributed by atoms with Crippen LogP contribution < -0.4 is 5.73 Å². The lowest BCUT2D eigenvalue weighted by atomic mass is 9.88. The molecule has 1 saturated carbocycles. The highest BCUT2D eigenvalue weighted by molar-refractivity contribution is 5.94. The number of H-pyrrole nitrogens is 1. The maximum Gasteiger partial charge on any atom is 0.355 e. The predicted molar refractivity (Wildman–Crippen MR) is 105 cm³/mol. The quantitative estimate of drug-likeness (QED) is 0.416. The molecule has 2 aromatic rings. The summed E-state index contributed by atoms with van der Waals surface area (Å²) in [5, 5.41) is 29.5. The summed E-state index contributed by atoms with van der Waals surface area (Å²) >= 11 is 0. The van der Waals surface area contributed by atoms with Crippen LogP contribution in [0.4, 0.5) is 0 Å². The molecule has 3 rings (SSSR count). The summed E-state index contributed by atoms with van der Waals surface area (Å²) in [6, 6.07) is 3.58. The number of aliphatic hydroxyl groups is 3. The molecule has 0 bridgehead atoms. The van der Waals surface area contributed by atoms with Gasteiger partial charge in [0, 0.05) is 17.7 Å². The number of aliphatic hydroxyl groups excluding tert-OH is 3. The number of nitrogens with one attached hydrogen (secondary N) is 1. The Morgan fingerprint density at radius 1 is 1.18 bits per heavy atom. The summed E-state index contributed by atoms with van der Waals surface area (Å²) in [5.41, 5.74) is 11.2. The lowest BCUT2D eigenvalue weighted by Gasteiger charge is -2.17. The van der Waals surface area contributed by atoms with Crippen LogP contribution >= 0.6 is 0 Å². The third-order valence-corrected chi connectivity index (χ3v) is 5.26. The number of aromatic amines is 1. The lowest BCUT2D eigenvalue weighted by molar-refractivity contribution is 0.0518. The van der Waals surface area contributed by atoms with E-state index in [0.29, 0.717) is 35.3 Å². The van der Waals surface area contributed by atoms with Crippen LogP contribution in [0.3, 0.4) is 0 Å². The number of aromatic nitrogens is 1. The first-order chi connectivity index (χ1) is 13.6. The highest BCUT2D eigenvalue weighted by Crippen LogP contribution is 2.48. The molecule has 7 heteroatoms. The molecule has 28 heavy (non-hydrogen) atoms. The van der Waals surface area contributed by atoms with Crippen molar-refractivity contribution in [1.29, 1.82) is 0 Å². The number of hydrogen-bond donors (Lipinski definition) is 5. The lowest BCUT2D eigenvalue weighted by Crippen LogP contribution is -2.08. The number of nitrogens with two attached hydrogens (primary N) is 1. The molecule has 0 saturated heterocycles. The highest BCUT2D eigenvalue weighted by atomic mass is 16.5. The summed E-state index contributed by atoms with van der Waals surface area (Å²) in [6.07, 6.45) is 2.50. The van der Waals surface area contributed by atoms with Gasteiger partial charge in [0.25, 0.3) is 0 Å². The Kier molecular flexibility index (Phi) is 6.51. The Morgan fingerprint density at radius 2 is 1.89 bits per heavy atom. The fourth-order valence-corrected chi connectivity index (χ4v) is 3.85. The normalized spacial score (nSPS) is 13.8. The van der Waals surface area contributed by atoms with Crippen molar-refractivity contribution in [1.82, 2.24) is 4.98 Å². The van der Waals surface area contributed by atoms with Crippen molar-refractivity contribution in [3.05, 3.63) is 45.8 Å². The van der Waals surface area contributed by atoms with Gasteiger partial charge in [0.2, 0.25) is 0 Å². The van der Waals surface area contributed by atoms with E-state index in [2.05, 4.69) is 4.98 Å². The Hall–Kier alpha value is -2.19. The van der Waals surface area contributed by atoms with Gasteiger partial charge in [0.05, 0.1) is 26.4 Å². The molecular weight excluding hydrogens is 360 g/mol. The minimum atomic E-state index is -0.395. The molecule has 0 aliphatic heterocycles. The molecule has 1 heterocycles. The van der Waals surface area contributed by atoms with Crippen LogP contribution in [0.15, 0.2) is 12.1 Å². The van der Waals surface area contributed by atoms with Crippen molar-refractivity contribution in [3.63, 3.8) is 0 Å². The molecular formula is C21H28N2O5. The van der Waals surface area contributed by atoms with Crippen molar-refractivity contribution >= 4 is 5.97 Å². The average molecular weight is 388 g/mol. The molecule has 1 aromatic heterocycles. The number of carbonyl (C=O) groups excluding carboxylic acids is 1. The van der Waals surface area contributed by atoms with Gasteiger partial charge >= 0.3 is 5.97 Å². The van der Waals surface area contributed by atoms with Crippen LogP contribution in [-0.2, 0) is 31.0 Å². The Balaban J connectivity index is 2.27. The number of carbonyl (C=O) groups is 1. The van der Waals surface area contributed by atoms with Crippen LogP contribution in [0.5, 0.6) is 0 Å². The fraction of sp³-hybridized carbons (Fsp3) is 0.476. The van der Waals surface area contributed by atoms with E-state index in [1.54, 1.807) is 13.0 Å². The molecule has 0 spiro atoms. The summed E-state index contributed by atoms with van der Waals surface area (Å²) in [4.78, 5) is 15.8. The van der Waals surface area contributed by atoms with E-state index in [4.69, 9.17) is 10.5 Å². The number of rotatable bonds is 9. The zero-order chi connectivity index (χ0) is 20.3. The van der Waals surface area contributed by atoms with Crippen molar-refractivity contribution in [2.75, 3.05) is 13.2 Å². The van der Waals surface area contributed by atoms with Crippen LogP contribution in [0, 0.1) is 0 Å². The van der Waals surface area contributed by atoms with Crippen molar-refractivity contribution in [2.45, 2.75) is 51.9 Å². The summed E-state index contributed by atoms with van der Waals surface area (Å²) in [6.45, 7) is 1.64. The van der Waals surface area contributed by atoms with Gasteiger partial charge in [0.1, 0.15) is 5.69 Å². The Labute approximate surface area is 164 Å². The standard InChI is InChI=1S/C21H28N2O5/c1-2-28-21(27)20-18(12-3-4-12)19(17(23-20)7-8-22)14-6-5-13(9-24)15(10-25)16(14)11-26/h5-6,12,23-26H,2-4,7-11,22H2,1H3. The molecule has 1 aliphatic carbocycles. The Bertz CT molecular complexity index is 855. The smallest absolute Gasteiger partial charge is 0.355 e. The molecule has 1 fully saturated rings. The molecule has 0 amide bonds. The number of hydrogen-bond acceptors (Lipinski definition) is 6. The molecule has 1 aliphatic rings. The predicted octanol–water partition coefficient (Wildman–Crippen LogP) is 1.71. The summed E-state index contributed by atoms with van der Waals surface area (Å²) in [7, 11) is 0. The molecule has 1 aromatic carbocycles. The highest BCUT2D eigenvalue weighted by Gasteiger charge is 2.35. The summed E-state index contributed by atoms with van der Waals surface area (Å²) < 4.78 is 5.24. The van der Waals surface area contributed by atoms with Gasteiger partial charge in [-0.1, -0.05) is 12.1 Å². The average Bonchev–Trinajstić information content (AvgIpc) is 3.48. The van der Waals surface area contributed by atoms with Crippen LogP contribution in [-0.4, -0.2) is 39.4 Å². The molecule has 6 N–H and O–H groups in total. The molecule has 7 nitrogen and oxygen atoms in total.